The molecule has 0 spiro atoms. The fourth-order valence-electron chi connectivity index (χ4n) is 1.32. The molecule has 0 fully saturated rings. The van der Waals surface area contributed by atoms with Crippen molar-refractivity contribution in [3.05, 3.63) is 30.2 Å². The highest BCUT2D eigenvalue weighted by Gasteiger charge is 2.21. The zero-order valence-corrected chi connectivity index (χ0v) is 9.53. The van der Waals surface area contributed by atoms with Crippen LogP contribution in [0.1, 0.15) is 11.9 Å². The monoisotopic (exact) mass is 249 g/mol. The third kappa shape index (κ3) is 2.30. The predicted molar refractivity (Wildman–Crippen MR) is 60.9 cm³/mol. The number of hydrogen-bond donors (Lipinski definition) is 2. The zero-order valence-electron chi connectivity index (χ0n) is 9.53. The molecule has 7 nitrogen and oxygen atoms in total. The van der Waals surface area contributed by atoms with E-state index in [0.717, 1.165) is 0 Å². The summed E-state index contributed by atoms with van der Waals surface area (Å²) < 4.78 is 10.2. The van der Waals surface area contributed by atoms with Gasteiger partial charge in [-0.25, -0.2) is 4.79 Å². The van der Waals surface area contributed by atoms with Gasteiger partial charge in [-0.05, 0) is 24.3 Å². The molecule has 1 unspecified atom stereocenters. The second-order valence-corrected chi connectivity index (χ2v) is 3.49. The number of methoxy groups -OCH3 is 1. The van der Waals surface area contributed by atoms with Gasteiger partial charge in [-0.1, -0.05) is 0 Å². The molecule has 94 valence electrons. The topological polar surface area (TPSA) is 111 Å². The lowest BCUT2D eigenvalue weighted by atomic mass is 10.2. The SMILES string of the molecule is COc1ccc(-c2nnc(C(N)C(=O)O)o2)cc1. The number of carboxylic acid groups (broad SMARTS) is 1. The first kappa shape index (κ1) is 12.1. The van der Waals surface area contributed by atoms with Crippen LogP contribution in [-0.2, 0) is 4.79 Å². The molecule has 2 rings (SSSR count). The Morgan fingerprint density at radius 2 is 2.06 bits per heavy atom. The minimum atomic E-state index is -1.32. The highest BCUT2D eigenvalue weighted by atomic mass is 16.5. The zero-order chi connectivity index (χ0) is 13.1. The Morgan fingerprint density at radius 1 is 1.39 bits per heavy atom. The van der Waals surface area contributed by atoms with Gasteiger partial charge in [0.15, 0.2) is 6.04 Å². The predicted octanol–water partition coefficient (Wildman–Crippen LogP) is 0.830. The summed E-state index contributed by atoms with van der Waals surface area (Å²) in [5.41, 5.74) is 6.02. The first-order chi connectivity index (χ1) is 8.61. The van der Waals surface area contributed by atoms with E-state index in [0.29, 0.717) is 11.3 Å². The number of carbonyl (C=O) groups is 1. The molecule has 1 aromatic carbocycles. The number of ether oxygens (including phenoxy) is 1. The van der Waals surface area contributed by atoms with Crippen LogP contribution in [0.5, 0.6) is 5.75 Å². The van der Waals surface area contributed by atoms with Crippen LogP contribution in [-0.4, -0.2) is 28.4 Å². The summed E-state index contributed by atoms with van der Waals surface area (Å²) in [5, 5.41) is 16.1. The summed E-state index contributed by atoms with van der Waals surface area (Å²) in [7, 11) is 1.56. The highest BCUT2D eigenvalue weighted by molar-refractivity contribution is 5.73. The van der Waals surface area contributed by atoms with Gasteiger partial charge in [0.25, 0.3) is 0 Å². The minimum absolute atomic E-state index is 0.131. The fourth-order valence-corrected chi connectivity index (χ4v) is 1.32. The number of nitrogens with two attached hydrogens (primary N) is 1. The van der Waals surface area contributed by atoms with Crippen molar-refractivity contribution in [2.75, 3.05) is 7.11 Å². The molecule has 1 atom stereocenters. The Bertz CT molecular complexity index is 550. The van der Waals surface area contributed by atoms with Crippen LogP contribution in [0, 0.1) is 0 Å². The first-order valence-electron chi connectivity index (χ1n) is 5.08. The van der Waals surface area contributed by atoms with Gasteiger partial charge in [-0.2, -0.15) is 0 Å². The molecule has 1 heterocycles. The summed E-state index contributed by atoms with van der Waals surface area (Å²) >= 11 is 0. The van der Waals surface area contributed by atoms with E-state index in [1.54, 1.807) is 31.4 Å². The minimum Gasteiger partial charge on any atom is -0.497 e. The summed E-state index contributed by atoms with van der Waals surface area (Å²) in [5.74, 6) is -0.446. The van der Waals surface area contributed by atoms with Crippen LogP contribution in [0.4, 0.5) is 0 Å². The Hall–Kier alpha value is -2.41. The van der Waals surface area contributed by atoms with Crippen molar-refractivity contribution in [2.45, 2.75) is 6.04 Å². The van der Waals surface area contributed by atoms with Crippen molar-refractivity contribution in [1.29, 1.82) is 0 Å². The fraction of sp³-hybridized carbons (Fsp3) is 0.182. The van der Waals surface area contributed by atoms with E-state index in [-0.39, 0.29) is 11.8 Å². The maximum Gasteiger partial charge on any atom is 0.330 e. The maximum atomic E-state index is 10.7. The van der Waals surface area contributed by atoms with E-state index >= 15 is 0 Å². The Kier molecular flexibility index (Phi) is 3.24. The summed E-state index contributed by atoms with van der Waals surface area (Å²) in [6.07, 6.45) is 0. The van der Waals surface area contributed by atoms with Gasteiger partial charge in [0.2, 0.25) is 11.8 Å². The number of nitrogens with zero attached hydrogens (tertiary/aromatic N) is 2. The molecule has 0 aliphatic rings. The molecule has 3 N–H and O–H groups in total. The van der Waals surface area contributed by atoms with Crippen LogP contribution in [0.15, 0.2) is 28.7 Å². The molecule has 0 bridgehead atoms. The molecule has 0 aliphatic heterocycles. The molecule has 0 saturated heterocycles. The highest BCUT2D eigenvalue weighted by Crippen LogP contribution is 2.22. The van der Waals surface area contributed by atoms with Crippen molar-refractivity contribution in [2.24, 2.45) is 5.73 Å². The van der Waals surface area contributed by atoms with Gasteiger partial charge in [-0.3, -0.25) is 0 Å². The lowest BCUT2D eigenvalue weighted by molar-refractivity contribution is -0.139. The Labute approximate surface area is 102 Å². The van der Waals surface area contributed by atoms with Crippen molar-refractivity contribution in [3.8, 4) is 17.2 Å². The van der Waals surface area contributed by atoms with E-state index < -0.39 is 12.0 Å². The van der Waals surface area contributed by atoms with E-state index in [2.05, 4.69) is 10.2 Å². The van der Waals surface area contributed by atoms with Gasteiger partial charge in [0.05, 0.1) is 7.11 Å². The van der Waals surface area contributed by atoms with Gasteiger partial charge >= 0.3 is 5.97 Å². The van der Waals surface area contributed by atoms with Crippen LogP contribution >= 0.6 is 0 Å². The van der Waals surface area contributed by atoms with E-state index in [4.69, 9.17) is 20.0 Å². The van der Waals surface area contributed by atoms with E-state index in [9.17, 15) is 4.79 Å². The molecule has 0 saturated carbocycles. The first-order valence-corrected chi connectivity index (χ1v) is 5.08. The van der Waals surface area contributed by atoms with Crippen LogP contribution in [0.3, 0.4) is 0 Å². The molecule has 2 aromatic rings. The van der Waals surface area contributed by atoms with E-state index in [1.165, 1.54) is 0 Å². The molecular weight excluding hydrogens is 238 g/mol. The number of aliphatic carboxylic acids is 1. The number of rotatable bonds is 4. The van der Waals surface area contributed by atoms with Crippen molar-refractivity contribution >= 4 is 5.97 Å². The largest absolute Gasteiger partial charge is 0.497 e. The third-order valence-electron chi connectivity index (χ3n) is 2.31. The number of carboxylic acids is 1. The second kappa shape index (κ2) is 4.84. The van der Waals surface area contributed by atoms with Crippen molar-refractivity contribution in [1.82, 2.24) is 10.2 Å². The van der Waals surface area contributed by atoms with Gasteiger partial charge < -0.3 is 20.0 Å². The van der Waals surface area contributed by atoms with E-state index in [1.807, 2.05) is 0 Å². The van der Waals surface area contributed by atoms with Crippen molar-refractivity contribution < 1.29 is 19.1 Å². The smallest absolute Gasteiger partial charge is 0.330 e. The average Bonchev–Trinajstić information content (AvgIpc) is 2.87. The lowest BCUT2D eigenvalue weighted by Gasteiger charge is -2.00. The van der Waals surface area contributed by atoms with Gasteiger partial charge in [-0.15, -0.1) is 10.2 Å². The molecule has 0 aliphatic carbocycles. The molecule has 0 radical (unpaired) electrons. The lowest BCUT2D eigenvalue weighted by Crippen LogP contribution is -2.20. The molecule has 18 heavy (non-hydrogen) atoms. The quantitative estimate of drug-likeness (QED) is 0.825. The standard InChI is InChI=1S/C11H11N3O4/c1-17-7-4-2-6(3-5-7)9-13-14-10(18-9)8(12)11(15)16/h2-5,8H,12H2,1H3,(H,15,16). The van der Waals surface area contributed by atoms with Crippen LogP contribution in [0.25, 0.3) is 11.5 Å². The van der Waals surface area contributed by atoms with Crippen molar-refractivity contribution in [3.63, 3.8) is 0 Å². The number of hydrogen-bond acceptors (Lipinski definition) is 6. The Balaban J connectivity index is 2.26. The van der Waals surface area contributed by atoms with Crippen LogP contribution < -0.4 is 10.5 Å². The number of benzene rings is 1. The molecule has 7 heteroatoms. The molecular formula is C11H11N3O4. The Morgan fingerprint density at radius 3 is 2.61 bits per heavy atom. The van der Waals surface area contributed by atoms with Crippen LogP contribution in [0.2, 0.25) is 0 Å². The average molecular weight is 249 g/mol. The third-order valence-corrected chi connectivity index (χ3v) is 2.31. The maximum absolute atomic E-state index is 10.7. The normalized spacial score (nSPS) is 12.1. The molecule has 0 amide bonds. The summed E-state index contributed by atoms with van der Waals surface area (Å²) in [6, 6.07) is 5.60. The van der Waals surface area contributed by atoms with Gasteiger partial charge in [0, 0.05) is 5.56 Å². The van der Waals surface area contributed by atoms with Gasteiger partial charge in [0.1, 0.15) is 5.75 Å². The summed E-state index contributed by atoms with van der Waals surface area (Å²) in [4.78, 5) is 10.7. The number of aromatic nitrogens is 2. The molecule has 1 aromatic heterocycles. The second-order valence-electron chi connectivity index (χ2n) is 3.49. The summed E-state index contributed by atoms with van der Waals surface area (Å²) in [6.45, 7) is 0.